The maximum Gasteiger partial charge on any atom is 0.272 e. The van der Waals surface area contributed by atoms with Crippen molar-refractivity contribution in [2.24, 2.45) is 0 Å². The number of nitro benzene ring substituents is 1. The summed E-state index contributed by atoms with van der Waals surface area (Å²) in [6.07, 6.45) is 1.60. The second-order valence-corrected chi connectivity index (χ2v) is 4.49. The first-order chi connectivity index (χ1) is 9.06. The summed E-state index contributed by atoms with van der Waals surface area (Å²) in [7, 11) is 0. The van der Waals surface area contributed by atoms with E-state index in [-0.39, 0.29) is 10.6 Å². The molecule has 0 atom stereocenters. The molecule has 1 aromatic carbocycles. The number of nitrogens with one attached hydrogen (secondary N) is 1. The van der Waals surface area contributed by atoms with Crippen molar-refractivity contribution in [3.05, 3.63) is 62.9 Å². The maximum absolute atomic E-state index is 10.9. The average Bonchev–Trinajstić information content (AvgIpc) is 2.37. The summed E-state index contributed by atoms with van der Waals surface area (Å²) >= 11 is 5.77. The normalized spacial score (nSPS) is 10.2. The van der Waals surface area contributed by atoms with Crippen molar-refractivity contribution in [3.8, 4) is 0 Å². The molecule has 0 radical (unpaired) electrons. The highest BCUT2D eigenvalue weighted by Crippen LogP contribution is 2.20. The number of hydrogen-bond donors (Lipinski definition) is 1. The van der Waals surface area contributed by atoms with Gasteiger partial charge in [-0.15, -0.1) is 0 Å². The number of halogens is 1. The number of nitrogens with zero attached hydrogens (tertiary/aromatic N) is 2. The first-order valence-corrected chi connectivity index (χ1v) is 6.03. The van der Waals surface area contributed by atoms with Crippen LogP contribution in [0.25, 0.3) is 0 Å². The summed E-state index contributed by atoms with van der Waals surface area (Å²) < 4.78 is 0. The zero-order valence-electron chi connectivity index (χ0n) is 10.3. The van der Waals surface area contributed by atoms with Crippen LogP contribution in [-0.2, 0) is 6.54 Å². The molecule has 5 nitrogen and oxygen atoms in total. The van der Waals surface area contributed by atoms with Gasteiger partial charge < -0.3 is 5.32 Å². The van der Waals surface area contributed by atoms with Gasteiger partial charge in [-0.2, -0.15) is 0 Å². The van der Waals surface area contributed by atoms with E-state index in [1.165, 1.54) is 0 Å². The summed E-state index contributed by atoms with van der Waals surface area (Å²) in [4.78, 5) is 14.4. The number of aromatic nitrogens is 1. The molecule has 2 rings (SSSR count). The molecule has 0 bridgehead atoms. The Morgan fingerprint density at radius 1 is 1.37 bits per heavy atom. The predicted molar refractivity (Wildman–Crippen MR) is 74.4 cm³/mol. The number of pyridine rings is 1. The topological polar surface area (TPSA) is 68.1 Å². The number of aryl methyl sites for hydroxylation is 1. The van der Waals surface area contributed by atoms with E-state index in [9.17, 15) is 10.1 Å². The van der Waals surface area contributed by atoms with Gasteiger partial charge in [0.25, 0.3) is 5.69 Å². The average molecular weight is 278 g/mol. The van der Waals surface area contributed by atoms with Crippen LogP contribution in [0, 0.1) is 17.0 Å². The van der Waals surface area contributed by atoms with Crippen LogP contribution in [0.2, 0.25) is 5.15 Å². The molecule has 6 heteroatoms. The largest absolute Gasteiger partial charge is 0.381 e. The minimum Gasteiger partial charge on any atom is -0.381 e. The highest BCUT2D eigenvalue weighted by molar-refractivity contribution is 6.29. The van der Waals surface area contributed by atoms with Crippen molar-refractivity contribution in [1.82, 2.24) is 4.98 Å². The summed E-state index contributed by atoms with van der Waals surface area (Å²) in [6, 6.07) is 8.66. The number of benzene rings is 1. The van der Waals surface area contributed by atoms with Gasteiger partial charge in [0.1, 0.15) is 5.15 Å². The van der Waals surface area contributed by atoms with E-state index in [1.807, 2.05) is 6.07 Å². The van der Waals surface area contributed by atoms with E-state index in [1.54, 1.807) is 37.4 Å². The number of nitro groups is 1. The SMILES string of the molecule is Cc1ccc(CNc2ccnc(Cl)c2)cc1[N+](=O)[O-]. The minimum atomic E-state index is -0.373. The third-order valence-corrected chi connectivity index (χ3v) is 2.90. The van der Waals surface area contributed by atoms with Crippen molar-refractivity contribution >= 4 is 23.0 Å². The Kier molecular flexibility index (Phi) is 3.97. The fourth-order valence-corrected chi connectivity index (χ4v) is 1.85. The minimum absolute atomic E-state index is 0.132. The smallest absolute Gasteiger partial charge is 0.272 e. The maximum atomic E-state index is 10.9. The lowest BCUT2D eigenvalue weighted by molar-refractivity contribution is -0.385. The van der Waals surface area contributed by atoms with Crippen LogP contribution in [0.4, 0.5) is 11.4 Å². The van der Waals surface area contributed by atoms with Gasteiger partial charge in [-0.1, -0.05) is 23.7 Å². The highest BCUT2D eigenvalue weighted by Gasteiger charge is 2.10. The van der Waals surface area contributed by atoms with Crippen molar-refractivity contribution in [2.75, 3.05) is 5.32 Å². The van der Waals surface area contributed by atoms with Gasteiger partial charge in [0.2, 0.25) is 0 Å². The molecular formula is C13H12ClN3O2. The van der Waals surface area contributed by atoms with Crippen LogP contribution in [0.3, 0.4) is 0 Å². The highest BCUT2D eigenvalue weighted by atomic mass is 35.5. The lowest BCUT2D eigenvalue weighted by Crippen LogP contribution is -2.01. The molecule has 0 fully saturated rings. The van der Waals surface area contributed by atoms with Gasteiger partial charge in [-0.05, 0) is 24.6 Å². The van der Waals surface area contributed by atoms with E-state index in [2.05, 4.69) is 10.3 Å². The van der Waals surface area contributed by atoms with Crippen LogP contribution >= 0.6 is 11.6 Å². The van der Waals surface area contributed by atoms with Gasteiger partial charge in [-0.25, -0.2) is 4.98 Å². The summed E-state index contributed by atoms with van der Waals surface area (Å²) in [6.45, 7) is 2.21. The van der Waals surface area contributed by atoms with E-state index in [0.717, 1.165) is 11.3 Å². The Labute approximate surface area is 115 Å². The molecule has 1 heterocycles. The molecule has 98 valence electrons. The third-order valence-electron chi connectivity index (χ3n) is 2.69. The predicted octanol–water partition coefficient (Wildman–Crippen LogP) is 3.56. The zero-order chi connectivity index (χ0) is 13.8. The fraction of sp³-hybridized carbons (Fsp3) is 0.154. The van der Waals surface area contributed by atoms with Crippen LogP contribution in [0.1, 0.15) is 11.1 Å². The molecule has 0 saturated heterocycles. The van der Waals surface area contributed by atoms with Gasteiger partial charge in [-0.3, -0.25) is 10.1 Å². The molecule has 0 aliphatic carbocycles. The third kappa shape index (κ3) is 3.42. The summed E-state index contributed by atoms with van der Waals surface area (Å²) in [5, 5.41) is 14.4. The number of rotatable bonds is 4. The van der Waals surface area contributed by atoms with Crippen LogP contribution < -0.4 is 5.32 Å². The molecule has 0 spiro atoms. The Hall–Kier alpha value is -2.14. The molecule has 19 heavy (non-hydrogen) atoms. The molecule has 0 aliphatic rings. The molecule has 1 N–H and O–H groups in total. The molecule has 0 saturated carbocycles. The van der Waals surface area contributed by atoms with Gasteiger partial charge in [0.05, 0.1) is 4.92 Å². The zero-order valence-corrected chi connectivity index (χ0v) is 11.0. The Morgan fingerprint density at radius 3 is 2.84 bits per heavy atom. The lowest BCUT2D eigenvalue weighted by atomic mass is 10.1. The van der Waals surface area contributed by atoms with Gasteiger partial charge in [0.15, 0.2) is 0 Å². The lowest BCUT2D eigenvalue weighted by Gasteiger charge is -2.07. The number of anilines is 1. The first-order valence-electron chi connectivity index (χ1n) is 5.65. The molecule has 0 amide bonds. The van der Waals surface area contributed by atoms with Crippen molar-refractivity contribution in [2.45, 2.75) is 13.5 Å². The molecular weight excluding hydrogens is 266 g/mol. The standard InChI is InChI=1S/C13H12ClN3O2/c1-9-2-3-10(6-12(9)17(18)19)8-16-11-4-5-15-13(14)7-11/h2-7H,8H2,1H3,(H,15,16). The van der Waals surface area contributed by atoms with Crippen LogP contribution in [-0.4, -0.2) is 9.91 Å². The van der Waals surface area contributed by atoms with Gasteiger partial charge >= 0.3 is 0 Å². The fourth-order valence-electron chi connectivity index (χ4n) is 1.68. The summed E-state index contributed by atoms with van der Waals surface area (Å²) in [5.74, 6) is 0. The monoisotopic (exact) mass is 277 g/mol. The van der Waals surface area contributed by atoms with Crippen LogP contribution in [0.5, 0.6) is 0 Å². The molecule has 1 aromatic heterocycles. The molecule has 0 unspecified atom stereocenters. The van der Waals surface area contributed by atoms with Gasteiger partial charge in [0, 0.05) is 30.1 Å². The Balaban J connectivity index is 2.12. The van der Waals surface area contributed by atoms with E-state index in [0.29, 0.717) is 17.3 Å². The molecule has 2 aromatic rings. The van der Waals surface area contributed by atoms with Crippen molar-refractivity contribution in [1.29, 1.82) is 0 Å². The Bertz CT molecular complexity index is 617. The van der Waals surface area contributed by atoms with Crippen molar-refractivity contribution in [3.63, 3.8) is 0 Å². The second kappa shape index (κ2) is 5.67. The van der Waals surface area contributed by atoms with E-state index in [4.69, 9.17) is 11.6 Å². The quantitative estimate of drug-likeness (QED) is 0.527. The summed E-state index contributed by atoms with van der Waals surface area (Å²) in [5.41, 5.74) is 2.45. The first kappa shape index (κ1) is 13.3. The van der Waals surface area contributed by atoms with Crippen molar-refractivity contribution < 1.29 is 4.92 Å². The Morgan fingerprint density at radius 2 is 2.16 bits per heavy atom. The van der Waals surface area contributed by atoms with E-state index >= 15 is 0 Å². The van der Waals surface area contributed by atoms with Crippen LogP contribution in [0.15, 0.2) is 36.5 Å². The number of hydrogen-bond acceptors (Lipinski definition) is 4. The van der Waals surface area contributed by atoms with E-state index < -0.39 is 0 Å². The molecule has 0 aliphatic heterocycles. The second-order valence-electron chi connectivity index (χ2n) is 4.10.